The van der Waals surface area contributed by atoms with Gasteiger partial charge < -0.3 is 24.7 Å². The maximum atomic E-state index is 13.6. The second kappa shape index (κ2) is 9.60. The van der Waals surface area contributed by atoms with Crippen LogP contribution in [0.1, 0.15) is 37.5 Å². The number of nitrogens with zero attached hydrogens (tertiary/aromatic N) is 2. The average molecular weight is 500 g/mol. The van der Waals surface area contributed by atoms with Crippen LogP contribution in [0.3, 0.4) is 0 Å². The lowest BCUT2D eigenvalue weighted by Gasteiger charge is -2.34. The lowest BCUT2D eigenvalue weighted by molar-refractivity contribution is -0.137. The number of amides is 2. The van der Waals surface area contributed by atoms with Crippen LogP contribution in [0.2, 0.25) is 0 Å². The maximum absolute atomic E-state index is 13.6. The molecule has 9 heteroatoms. The Bertz CT molecular complexity index is 741. The molecule has 152 valence electrons. The highest BCUT2D eigenvalue weighted by Crippen LogP contribution is 2.37. The Labute approximate surface area is 178 Å². The number of rotatable bonds is 5. The van der Waals surface area contributed by atoms with Gasteiger partial charge in [0.25, 0.3) is 0 Å². The van der Waals surface area contributed by atoms with E-state index in [2.05, 4.69) is 43.8 Å². The summed E-state index contributed by atoms with van der Waals surface area (Å²) >= 11 is 2.16. The number of alkyl carbamates (subject to hydrolysis) is 1. The van der Waals surface area contributed by atoms with Crippen molar-refractivity contribution in [3.8, 4) is 12.3 Å². The van der Waals surface area contributed by atoms with Gasteiger partial charge in [0, 0.05) is 26.2 Å². The van der Waals surface area contributed by atoms with Crippen molar-refractivity contribution >= 4 is 34.6 Å². The number of aromatic nitrogens is 2. The van der Waals surface area contributed by atoms with E-state index in [-0.39, 0.29) is 23.8 Å². The molecule has 0 spiro atoms. The zero-order valence-corrected chi connectivity index (χ0v) is 18.0. The fourth-order valence-corrected chi connectivity index (χ4v) is 4.43. The van der Waals surface area contributed by atoms with E-state index >= 15 is 0 Å². The molecule has 0 aromatic carbocycles. The van der Waals surface area contributed by atoms with Crippen LogP contribution >= 0.6 is 22.6 Å². The Morgan fingerprint density at radius 1 is 1.54 bits per heavy atom. The van der Waals surface area contributed by atoms with E-state index in [0.29, 0.717) is 39.0 Å². The molecule has 2 fully saturated rings. The molecular weight excluding hydrogens is 475 g/mol. The molecule has 0 saturated carbocycles. The highest BCUT2D eigenvalue weighted by atomic mass is 127. The quantitative estimate of drug-likeness (QED) is 0.477. The molecule has 0 aliphatic carbocycles. The molecule has 0 unspecified atom stereocenters. The number of halogens is 1. The number of imidazole rings is 1. The number of terminal acetylenes is 1. The maximum Gasteiger partial charge on any atom is 0.407 e. The van der Waals surface area contributed by atoms with Gasteiger partial charge in [0.2, 0.25) is 5.91 Å². The van der Waals surface area contributed by atoms with Crippen LogP contribution in [0.4, 0.5) is 4.79 Å². The number of carbonyl (C=O) groups excluding carboxylic acids is 2. The summed E-state index contributed by atoms with van der Waals surface area (Å²) in [5.74, 6) is 3.55. The molecule has 2 aliphatic heterocycles. The summed E-state index contributed by atoms with van der Waals surface area (Å²) in [6, 6.07) is -0.839. The minimum atomic E-state index is -0.655. The van der Waals surface area contributed by atoms with Gasteiger partial charge in [-0.05, 0) is 53.7 Å². The zero-order chi connectivity index (χ0) is 20.1. The first-order valence-electron chi connectivity index (χ1n) is 9.40. The number of hydrogen-bond acceptors (Lipinski definition) is 5. The number of ether oxygens (including phenoxy) is 2. The van der Waals surface area contributed by atoms with Crippen LogP contribution in [-0.2, 0) is 14.3 Å². The van der Waals surface area contributed by atoms with Gasteiger partial charge >= 0.3 is 6.09 Å². The van der Waals surface area contributed by atoms with Gasteiger partial charge in [-0.3, -0.25) is 4.79 Å². The van der Waals surface area contributed by atoms with Gasteiger partial charge in [-0.2, -0.15) is 0 Å². The normalized spacial score (nSPS) is 23.8. The van der Waals surface area contributed by atoms with Gasteiger partial charge in [-0.1, -0.05) is 0 Å². The predicted octanol–water partition coefficient (Wildman–Crippen LogP) is 2.08. The van der Waals surface area contributed by atoms with E-state index in [9.17, 15) is 9.59 Å². The van der Waals surface area contributed by atoms with Crippen LogP contribution in [0, 0.1) is 27.9 Å². The number of nitrogens with one attached hydrogen (secondary N) is 2. The van der Waals surface area contributed by atoms with E-state index in [1.807, 2.05) is 4.90 Å². The first-order valence-corrected chi connectivity index (χ1v) is 10.5. The Balaban J connectivity index is 1.85. The Hall–Kier alpha value is -1.80. The molecule has 2 aliphatic rings. The summed E-state index contributed by atoms with van der Waals surface area (Å²) in [6.07, 6.45) is 9.43. The van der Waals surface area contributed by atoms with Gasteiger partial charge in [0.05, 0.1) is 23.0 Å². The van der Waals surface area contributed by atoms with Crippen molar-refractivity contribution in [2.45, 2.75) is 37.8 Å². The Morgan fingerprint density at radius 2 is 2.29 bits per heavy atom. The summed E-state index contributed by atoms with van der Waals surface area (Å²) in [6.45, 7) is 1.71. The highest BCUT2D eigenvalue weighted by molar-refractivity contribution is 14.1. The van der Waals surface area contributed by atoms with E-state index < -0.39 is 12.1 Å². The second-order valence-corrected chi connectivity index (χ2v) is 8.36. The van der Waals surface area contributed by atoms with Crippen molar-refractivity contribution in [1.82, 2.24) is 20.2 Å². The first kappa shape index (κ1) is 20.9. The SMILES string of the molecule is C#CC[C@@H]1C[C@@H](c2ncc(I)[nH]2)N(C(=O)[C@@H](NC(=O)OC)C2CCOCC2)C1. The van der Waals surface area contributed by atoms with E-state index in [1.54, 1.807) is 6.20 Å². The summed E-state index contributed by atoms with van der Waals surface area (Å²) in [5.41, 5.74) is 0. The third-order valence-electron chi connectivity index (χ3n) is 5.42. The monoisotopic (exact) mass is 500 g/mol. The number of aromatic amines is 1. The summed E-state index contributed by atoms with van der Waals surface area (Å²) in [4.78, 5) is 35.0. The van der Waals surface area contributed by atoms with Crippen LogP contribution in [-0.4, -0.2) is 59.8 Å². The number of H-pyrrole nitrogens is 1. The third kappa shape index (κ3) is 4.78. The van der Waals surface area contributed by atoms with Crippen molar-refractivity contribution < 1.29 is 19.1 Å². The Morgan fingerprint density at radius 3 is 2.89 bits per heavy atom. The summed E-state index contributed by atoms with van der Waals surface area (Å²) in [5, 5.41) is 2.76. The molecule has 0 bridgehead atoms. The second-order valence-electron chi connectivity index (χ2n) is 7.20. The standard InChI is InChI=1S/C19H25IN4O4/c1-3-4-12-9-14(17-21-10-15(20)22-17)24(11-12)18(25)16(23-19(26)27-2)13-5-7-28-8-6-13/h1,10,12-14,16H,4-9,11H2,2H3,(H,21,22)(H,23,26)/t12-,14+,16+/m1/s1. The van der Waals surface area contributed by atoms with E-state index in [4.69, 9.17) is 15.9 Å². The van der Waals surface area contributed by atoms with Gasteiger partial charge in [-0.15, -0.1) is 12.3 Å². The average Bonchev–Trinajstić information content (AvgIpc) is 3.32. The van der Waals surface area contributed by atoms with Gasteiger partial charge in [0.1, 0.15) is 11.9 Å². The number of methoxy groups -OCH3 is 1. The fourth-order valence-electron chi connectivity index (χ4n) is 4.02. The molecule has 28 heavy (non-hydrogen) atoms. The largest absolute Gasteiger partial charge is 0.453 e. The minimum absolute atomic E-state index is 0.00409. The van der Waals surface area contributed by atoms with Crippen LogP contribution in [0.5, 0.6) is 0 Å². The summed E-state index contributed by atoms with van der Waals surface area (Å²) in [7, 11) is 1.30. The Kier molecular flexibility index (Phi) is 7.18. The van der Waals surface area contributed by atoms with Crippen LogP contribution < -0.4 is 5.32 Å². The van der Waals surface area contributed by atoms with Crippen molar-refractivity contribution in [3.05, 3.63) is 15.7 Å². The van der Waals surface area contributed by atoms with Crippen molar-refractivity contribution in [1.29, 1.82) is 0 Å². The molecule has 1 aromatic rings. The van der Waals surface area contributed by atoms with Gasteiger partial charge in [-0.25, -0.2) is 9.78 Å². The number of hydrogen-bond donors (Lipinski definition) is 2. The van der Waals surface area contributed by atoms with Gasteiger partial charge in [0.15, 0.2) is 0 Å². The molecule has 2 N–H and O–H groups in total. The highest BCUT2D eigenvalue weighted by Gasteiger charge is 2.42. The zero-order valence-electron chi connectivity index (χ0n) is 15.8. The minimum Gasteiger partial charge on any atom is -0.453 e. The van der Waals surface area contributed by atoms with Crippen LogP contribution in [0.15, 0.2) is 6.20 Å². The lowest BCUT2D eigenvalue weighted by Crippen LogP contribution is -2.53. The molecule has 3 rings (SSSR count). The van der Waals surface area contributed by atoms with E-state index in [1.165, 1.54) is 7.11 Å². The molecule has 8 nitrogen and oxygen atoms in total. The topological polar surface area (TPSA) is 96.6 Å². The van der Waals surface area contributed by atoms with Crippen LogP contribution in [0.25, 0.3) is 0 Å². The van der Waals surface area contributed by atoms with Crippen molar-refractivity contribution in [3.63, 3.8) is 0 Å². The number of carbonyl (C=O) groups is 2. The molecule has 0 radical (unpaired) electrons. The fraction of sp³-hybridized carbons (Fsp3) is 0.632. The molecule has 2 saturated heterocycles. The molecule has 3 atom stereocenters. The smallest absolute Gasteiger partial charge is 0.407 e. The molecule has 1 aromatic heterocycles. The number of likely N-dealkylation sites (tertiary alicyclic amines) is 1. The van der Waals surface area contributed by atoms with Crippen molar-refractivity contribution in [2.75, 3.05) is 26.9 Å². The lowest BCUT2D eigenvalue weighted by atomic mass is 9.90. The molecular formula is C19H25IN4O4. The van der Waals surface area contributed by atoms with E-state index in [0.717, 1.165) is 15.9 Å². The first-order chi connectivity index (χ1) is 13.5. The third-order valence-corrected chi connectivity index (χ3v) is 5.97. The summed E-state index contributed by atoms with van der Waals surface area (Å²) < 4.78 is 11.1. The van der Waals surface area contributed by atoms with Crippen molar-refractivity contribution in [2.24, 2.45) is 11.8 Å². The molecule has 3 heterocycles. The predicted molar refractivity (Wildman–Crippen MR) is 110 cm³/mol. The molecule has 2 amide bonds.